The molecule has 2 aromatic carbocycles. The van der Waals surface area contributed by atoms with Gasteiger partial charge in [-0.3, -0.25) is 9.59 Å². The number of aryl methyl sites for hydroxylation is 1. The zero-order valence-corrected chi connectivity index (χ0v) is 14.3. The van der Waals surface area contributed by atoms with Gasteiger partial charge in [-0.2, -0.15) is 5.10 Å². The molecule has 0 bridgehead atoms. The van der Waals surface area contributed by atoms with Gasteiger partial charge in [-0.05, 0) is 42.8 Å². The molecule has 7 heteroatoms. The number of ether oxygens (including phenoxy) is 2. The van der Waals surface area contributed by atoms with Crippen molar-refractivity contribution in [3.8, 4) is 11.5 Å². The summed E-state index contributed by atoms with van der Waals surface area (Å²) >= 11 is 0. The molecule has 2 amide bonds. The van der Waals surface area contributed by atoms with Crippen LogP contribution >= 0.6 is 0 Å². The molecule has 26 heavy (non-hydrogen) atoms. The molecule has 3 rings (SSSR count). The summed E-state index contributed by atoms with van der Waals surface area (Å²) in [5.41, 5.74) is 5.00. The smallest absolute Gasteiger partial charge is 0.240 e. The standard InChI is InChI=1S/C19H19N3O4/c1-13-2-5-15(6-3-13)21-18(23)8-9-19(24)22-20-11-14-4-7-16-17(10-14)26-12-25-16/h2-7,10-11H,8-9,12H2,1H3,(H,21,23)(H,22,24)/b20-11-. The van der Waals surface area contributed by atoms with Gasteiger partial charge in [0.1, 0.15) is 0 Å². The van der Waals surface area contributed by atoms with Gasteiger partial charge in [0.15, 0.2) is 11.5 Å². The molecule has 1 heterocycles. The first-order valence-electron chi connectivity index (χ1n) is 8.18. The van der Waals surface area contributed by atoms with Crippen LogP contribution in [-0.2, 0) is 9.59 Å². The molecule has 0 fully saturated rings. The quantitative estimate of drug-likeness (QED) is 0.617. The monoisotopic (exact) mass is 353 g/mol. The molecule has 0 spiro atoms. The first kappa shape index (κ1) is 17.5. The molecule has 0 aromatic heterocycles. The van der Waals surface area contributed by atoms with Gasteiger partial charge in [-0.15, -0.1) is 0 Å². The number of hydrogen-bond donors (Lipinski definition) is 2. The largest absolute Gasteiger partial charge is 0.454 e. The molecule has 0 saturated carbocycles. The lowest BCUT2D eigenvalue weighted by atomic mass is 10.2. The number of nitrogens with zero attached hydrogens (tertiary/aromatic N) is 1. The SMILES string of the molecule is Cc1ccc(NC(=O)CCC(=O)N/N=C\c2ccc3c(c2)OCO3)cc1. The van der Waals surface area contributed by atoms with Crippen LogP contribution in [0.5, 0.6) is 11.5 Å². The van der Waals surface area contributed by atoms with Crippen LogP contribution in [0.4, 0.5) is 5.69 Å². The first-order valence-corrected chi connectivity index (χ1v) is 8.18. The Bertz CT molecular complexity index is 831. The van der Waals surface area contributed by atoms with Gasteiger partial charge in [0.2, 0.25) is 18.6 Å². The van der Waals surface area contributed by atoms with Crippen molar-refractivity contribution in [2.75, 3.05) is 12.1 Å². The summed E-state index contributed by atoms with van der Waals surface area (Å²) in [5, 5.41) is 6.63. The van der Waals surface area contributed by atoms with Gasteiger partial charge in [0, 0.05) is 18.5 Å². The van der Waals surface area contributed by atoms with E-state index in [1.165, 1.54) is 6.21 Å². The average molecular weight is 353 g/mol. The van der Waals surface area contributed by atoms with Crippen LogP contribution in [-0.4, -0.2) is 24.8 Å². The number of amides is 2. The molecule has 134 valence electrons. The fraction of sp³-hybridized carbons (Fsp3) is 0.211. The van der Waals surface area contributed by atoms with Crippen molar-refractivity contribution in [2.45, 2.75) is 19.8 Å². The van der Waals surface area contributed by atoms with Crippen LogP contribution in [0, 0.1) is 6.92 Å². The number of hydrogen-bond acceptors (Lipinski definition) is 5. The van der Waals surface area contributed by atoms with E-state index < -0.39 is 0 Å². The van der Waals surface area contributed by atoms with E-state index in [0.717, 1.165) is 11.1 Å². The normalized spacial score (nSPS) is 12.2. The molecule has 0 unspecified atom stereocenters. The number of rotatable bonds is 6. The third-order valence-corrected chi connectivity index (χ3v) is 3.71. The highest BCUT2D eigenvalue weighted by molar-refractivity contribution is 5.93. The van der Waals surface area contributed by atoms with Gasteiger partial charge in [-0.25, -0.2) is 5.43 Å². The van der Waals surface area contributed by atoms with Crippen molar-refractivity contribution in [1.82, 2.24) is 5.43 Å². The van der Waals surface area contributed by atoms with Crippen molar-refractivity contribution in [1.29, 1.82) is 0 Å². The van der Waals surface area contributed by atoms with E-state index in [9.17, 15) is 9.59 Å². The summed E-state index contributed by atoms with van der Waals surface area (Å²) in [7, 11) is 0. The maximum Gasteiger partial charge on any atom is 0.240 e. The molecular weight excluding hydrogens is 334 g/mol. The van der Waals surface area contributed by atoms with Crippen molar-refractivity contribution >= 4 is 23.7 Å². The lowest BCUT2D eigenvalue weighted by molar-refractivity contribution is -0.124. The lowest BCUT2D eigenvalue weighted by Gasteiger charge is -2.05. The Balaban J connectivity index is 1.41. The van der Waals surface area contributed by atoms with Crippen LogP contribution < -0.4 is 20.2 Å². The van der Waals surface area contributed by atoms with Crippen LogP contribution in [0.15, 0.2) is 47.6 Å². The highest BCUT2D eigenvalue weighted by Gasteiger charge is 2.12. The minimum absolute atomic E-state index is 0.0518. The number of nitrogens with one attached hydrogen (secondary N) is 2. The fourth-order valence-corrected chi connectivity index (χ4v) is 2.32. The molecule has 0 aliphatic carbocycles. The molecule has 1 aliphatic heterocycles. The molecule has 0 saturated heterocycles. The third kappa shape index (κ3) is 4.83. The van der Waals surface area contributed by atoms with E-state index in [2.05, 4.69) is 15.8 Å². The zero-order valence-electron chi connectivity index (χ0n) is 14.3. The third-order valence-electron chi connectivity index (χ3n) is 3.71. The van der Waals surface area contributed by atoms with Crippen molar-refractivity contribution in [3.63, 3.8) is 0 Å². The molecule has 7 nitrogen and oxygen atoms in total. The Hall–Kier alpha value is -3.35. The maximum absolute atomic E-state index is 11.9. The maximum atomic E-state index is 11.9. The number of anilines is 1. The predicted octanol–water partition coefficient (Wildman–Crippen LogP) is 2.59. The summed E-state index contributed by atoms with van der Waals surface area (Å²) in [6.07, 6.45) is 1.64. The second kappa shape index (κ2) is 8.15. The van der Waals surface area contributed by atoms with E-state index in [4.69, 9.17) is 9.47 Å². The molecule has 1 aliphatic rings. The Morgan fingerprint density at radius 3 is 2.58 bits per heavy atom. The number of carbonyl (C=O) groups excluding carboxylic acids is 2. The summed E-state index contributed by atoms with van der Waals surface area (Å²) in [4.78, 5) is 23.6. The van der Waals surface area contributed by atoms with Gasteiger partial charge < -0.3 is 14.8 Å². The van der Waals surface area contributed by atoms with Crippen LogP contribution in [0.25, 0.3) is 0 Å². The second-order valence-corrected chi connectivity index (χ2v) is 5.82. The van der Waals surface area contributed by atoms with Gasteiger partial charge in [0.25, 0.3) is 0 Å². The van der Waals surface area contributed by atoms with E-state index in [1.807, 2.05) is 31.2 Å². The van der Waals surface area contributed by atoms with E-state index in [-0.39, 0.29) is 31.4 Å². The summed E-state index contributed by atoms with van der Waals surface area (Å²) in [5.74, 6) is 0.781. The van der Waals surface area contributed by atoms with E-state index in [0.29, 0.717) is 17.2 Å². The predicted molar refractivity (Wildman–Crippen MR) is 97.3 cm³/mol. The van der Waals surface area contributed by atoms with Crippen LogP contribution in [0.2, 0.25) is 0 Å². The number of carbonyl (C=O) groups is 2. The molecular formula is C19H19N3O4. The molecule has 0 atom stereocenters. The van der Waals surface area contributed by atoms with E-state index >= 15 is 0 Å². The number of benzene rings is 2. The highest BCUT2D eigenvalue weighted by Crippen LogP contribution is 2.31. The topological polar surface area (TPSA) is 89.0 Å². The minimum atomic E-state index is -0.332. The Morgan fingerprint density at radius 2 is 1.77 bits per heavy atom. The van der Waals surface area contributed by atoms with Gasteiger partial charge in [-0.1, -0.05) is 17.7 Å². The number of hydrazone groups is 1. The van der Waals surface area contributed by atoms with Crippen molar-refractivity contribution in [2.24, 2.45) is 5.10 Å². The number of fused-ring (bicyclic) bond motifs is 1. The minimum Gasteiger partial charge on any atom is -0.454 e. The van der Waals surface area contributed by atoms with Gasteiger partial charge >= 0.3 is 0 Å². The zero-order chi connectivity index (χ0) is 18.4. The molecule has 2 aromatic rings. The molecule has 2 N–H and O–H groups in total. The van der Waals surface area contributed by atoms with Gasteiger partial charge in [0.05, 0.1) is 6.21 Å². The molecule has 0 radical (unpaired) electrons. The van der Waals surface area contributed by atoms with Crippen LogP contribution in [0.3, 0.4) is 0 Å². The summed E-state index contributed by atoms with van der Waals surface area (Å²) in [6.45, 7) is 2.18. The lowest BCUT2D eigenvalue weighted by Crippen LogP contribution is -2.20. The Morgan fingerprint density at radius 1 is 1.04 bits per heavy atom. The first-order chi connectivity index (χ1) is 12.6. The highest BCUT2D eigenvalue weighted by atomic mass is 16.7. The average Bonchev–Trinajstić information content (AvgIpc) is 3.10. The fourth-order valence-electron chi connectivity index (χ4n) is 2.32. The van der Waals surface area contributed by atoms with Crippen molar-refractivity contribution < 1.29 is 19.1 Å². The summed E-state index contributed by atoms with van der Waals surface area (Å²) in [6, 6.07) is 12.8. The van der Waals surface area contributed by atoms with Crippen molar-refractivity contribution in [3.05, 3.63) is 53.6 Å². The van der Waals surface area contributed by atoms with Crippen LogP contribution in [0.1, 0.15) is 24.0 Å². The van der Waals surface area contributed by atoms with E-state index in [1.54, 1.807) is 18.2 Å². The second-order valence-electron chi connectivity index (χ2n) is 5.82. The summed E-state index contributed by atoms with van der Waals surface area (Å²) < 4.78 is 10.5. The Labute approximate surface area is 151 Å². The Kier molecular flexibility index (Phi) is 5.48.